The van der Waals surface area contributed by atoms with Gasteiger partial charge >= 0.3 is 0 Å². The summed E-state index contributed by atoms with van der Waals surface area (Å²) in [6.45, 7) is 6.64. The summed E-state index contributed by atoms with van der Waals surface area (Å²) >= 11 is 12.1. The van der Waals surface area contributed by atoms with Crippen LogP contribution in [0.3, 0.4) is 0 Å². The van der Waals surface area contributed by atoms with Crippen molar-refractivity contribution in [3.05, 3.63) is 68.4 Å². The quantitative estimate of drug-likeness (QED) is 0.788. The van der Waals surface area contributed by atoms with E-state index < -0.39 is 0 Å². The van der Waals surface area contributed by atoms with Crippen molar-refractivity contribution in [2.24, 2.45) is 0 Å². The second-order valence-electron chi connectivity index (χ2n) is 5.09. The van der Waals surface area contributed by atoms with Gasteiger partial charge in [0.1, 0.15) is 5.82 Å². The van der Waals surface area contributed by atoms with Gasteiger partial charge in [-0.05, 0) is 49.2 Å². The number of aryl methyl sites for hydroxylation is 2. The molecule has 2 rings (SSSR count). The molecule has 0 bridgehead atoms. The summed E-state index contributed by atoms with van der Waals surface area (Å²) in [4.78, 5) is 0. The Kier molecular flexibility index (Phi) is 5.26. The second kappa shape index (κ2) is 6.78. The third-order valence-corrected chi connectivity index (χ3v) is 4.26. The van der Waals surface area contributed by atoms with Crippen molar-refractivity contribution in [3.63, 3.8) is 0 Å². The van der Waals surface area contributed by atoms with Gasteiger partial charge in [-0.3, -0.25) is 0 Å². The molecule has 2 aromatic carbocycles. The molecule has 0 amide bonds. The van der Waals surface area contributed by atoms with E-state index in [0.29, 0.717) is 5.56 Å². The highest BCUT2D eigenvalue weighted by molar-refractivity contribution is 6.31. The van der Waals surface area contributed by atoms with Gasteiger partial charge in [0.2, 0.25) is 0 Å². The third kappa shape index (κ3) is 3.39. The van der Waals surface area contributed by atoms with Crippen molar-refractivity contribution in [2.45, 2.75) is 26.8 Å². The van der Waals surface area contributed by atoms with Crippen molar-refractivity contribution in [3.8, 4) is 0 Å². The van der Waals surface area contributed by atoms with Crippen molar-refractivity contribution in [1.29, 1.82) is 0 Å². The minimum atomic E-state index is -0.378. The van der Waals surface area contributed by atoms with Crippen LogP contribution in [0.5, 0.6) is 0 Å². The molecule has 21 heavy (non-hydrogen) atoms. The molecule has 1 unspecified atom stereocenters. The maximum atomic E-state index is 14.4. The maximum absolute atomic E-state index is 14.4. The fraction of sp³-hybridized carbons (Fsp3) is 0.294. The molecule has 0 radical (unpaired) electrons. The molecule has 0 saturated heterocycles. The largest absolute Gasteiger partial charge is 0.306 e. The zero-order valence-corrected chi connectivity index (χ0v) is 13.8. The molecular weight excluding hydrogens is 308 g/mol. The summed E-state index contributed by atoms with van der Waals surface area (Å²) in [5, 5.41) is 4.19. The van der Waals surface area contributed by atoms with Gasteiger partial charge in [-0.25, -0.2) is 4.39 Å². The first kappa shape index (κ1) is 16.3. The van der Waals surface area contributed by atoms with Crippen LogP contribution in [0.1, 0.15) is 35.2 Å². The number of nitrogens with one attached hydrogen (secondary N) is 1. The topological polar surface area (TPSA) is 12.0 Å². The van der Waals surface area contributed by atoms with E-state index in [1.165, 1.54) is 0 Å². The van der Waals surface area contributed by atoms with Crippen molar-refractivity contribution < 1.29 is 4.39 Å². The molecule has 0 saturated carbocycles. The van der Waals surface area contributed by atoms with Gasteiger partial charge in [0.15, 0.2) is 0 Å². The van der Waals surface area contributed by atoms with E-state index >= 15 is 0 Å². The van der Waals surface area contributed by atoms with E-state index in [4.69, 9.17) is 23.2 Å². The van der Waals surface area contributed by atoms with Crippen LogP contribution in [0.25, 0.3) is 0 Å². The fourth-order valence-corrected chi connectivity index (χ4v) is 2.85. The predicted molar refractivity (Wildman–Crippen MR) is 87.9 cm³/mol. The van der Waals surface area contributed by atoms with E-state index in [9.17, 15) is 4.39 Å². The van der Waals surface area contributed by atoms with E-state index in [1.807, 2.05) is 32.9 Å². The smallest absolute Gasteiger partial charge is 0.146 e. The third-order valence-electron chi connectivity index (χ3n) is 3.56. The summed E-state index contributed by atoms with van der Waals surface area (Å²) in [6, 6.07) is 8.76. The van der Waals surface area contributed by atoms with Gasteiger partial charge in [-0.1, -0.05) is 48.3 Å². The van der Waals surface area contributed by atoms with E-state index in [2.05, 4.69) is 5.32 Å². The van der Waals surface area contributed by atoms with Gasteiger partial charge in [0.25, 0.3) is 0 Å². The molecule has 1 N–H and O–H groups in total. The standard InChI is InChI=1S/C17H18Cl2FN/c1-4-21-17(12-6-5-7-14(18)16(12)20)13-8-11(3)15(19)9-10(13)2/h5-9,17,21H,4H2,1-3H3. The van der Waals surface area contributed by atoms with Crippen molar-refractivity contribution >= 4 is 23.2 Å². The Labute approximate surface area is 135 Å². The number of hydrogen-bond acceptors (Lipinski definition) is 1. The van der Waals surface area contributed by atoms with E-state index in [-0.39, 0.29) is 16.9 Å². The summed E-state index contributed by atoms with van der Waals surface area (Å²) in [7, 11) is 0. The number of halogens is 3. The minimum Gasteiger partial charge on any atom is -0.306 e. The van der Waals surface area contributed by atoms with Crippen LogP contribution in [0.4, 0.5) is 4.39 Å². The average Bonchev–Trinajstić information content (AvgIpc) is 2.44. The second-order valence-corrected chi connectivity index (χ2v) is 5.91. The van der Waals surface area contributed by atoms with Crippen LogP contribution >= 0.6 is 23.2 Å². The van der Waals surface area contributed by atoms with E-state index in [0.717, 1.165) is 28.3 Å². The van der Waals surface area contributed by atoms with Gasteiger partial charge in [-0.2, -0.15) is 0 Å². The lowest BCUT2D eigenvalue weighted by atomic mass is 9.93. The predicted octanol–water partition coefficient (Wildman–Crippen LogP) is 5.45. The average molecular weight is 326 g/mol. The number of rotatable bonds is 4. The minimum absolute atomic E-state index is 0.138. The molecule has 0 aliphatic rings. The molecule has 0 aliphatic carbocycles. The molecule has 112 valence electrons. The first-order valence-corrected chi connectivity index (χ1v) is 7.65. The molecule has 1 atom stereocenters. The molecule has 4 heteroatoms. The molecule has 0 heterocycles. The Morgan fingerprint density at radius 3 is 2.43 bits per heavy atom. The lowest BCUT2D eigenvalue weighted by molar-refractivity contribution is 0.558. The molecule has 0 aromatic heterocycles. The lowest BCUT2D eigenvalue weighted by Gasteiger charge is -2.22. The van der Waals surface area contributed by atoms with Crippen molar-refractivity contribution in [1.82, 2.24) is 5.32 Å². The maximum Gasteiger partial charge on any atom is 0.146 e. The van der Waals surface area contributed by atoms with Crippen LogP contribution < -0.4 is 5.32 Å². The SMILES string of the molecule is CCNC(c1cc(C)c(Cl)cc1C)c1cccc(Cl)c1F. The van der Waals surface area contributed by atoms with E-state index in [1.54, 1.807) is 18.2 Å². The Balaban J connectivity index is 2.59. The Bertz CT molecular complexity index is 655. The first-order chi connectivity index (χ1) is 9.95. The highest BCUT2D eigenvalue weighted by Crippen LogP contribution is 2.32. The molecule has 0 spiro atoms. The molecular formula is C17H18Cl2FN. The van der Waals surface area contributed by atoms with Gasteiger partial charge < -0.3 is 5.32 Å². The monoisotopic (exact) mass is 325 g/mol. The van der Waals surface area contributed by atoms with Crippen LogP contribution in [-0.4, -0.2) is 6.54 Å². The fourth-order valence-electron chi connectivity index (χ4n) is 2.45. The number of hydrogen-bond donors (Lipinski definition) is 1. The van der Waals surface area contributed by atoms with Crippen LogP contribution in [-0.2, 0) is 0 Å². The molecule has 1 nitrogen and oxygen atoms in total. The van der Waals surface area contributed by atoms with Gasteiger partial charge in [-0.15, -0.1) is 0 Å². The summed E-state index contributed by atoms with van der Waals surface area (Å²) in [6.07, 6.45) is 0. The van der Waals surface area contributed by atoms with Gasteiger partial charge in [0.05, 0.1) is 11.1 Å². The molecule has 0 aliphatic heterocycles. The Morgan fingerprint density at radius 2 is 1.76 bits per heavy atom. The van der Waals surface area contributed by atoms with Gasteiger partial charge in [0, 0.05) is 10.6 Å². The van der Waals surface area contributed by atoms with Crippen LogP contribution in [0, 0.1) is 19.7 Å². The zero-order chi connectivity index (χ0) is 15.6. The van der Waals surface area contributed by atoms with Crippen LogP contribution in [0.15, 0.2) is 30.3 Å². The summed E-state index contributed by atoms with van der Waals surface area (Å²) in [5.74, 6) is -0.378. The van der Waals surface area contributed by atoms with Crippen molar-refractivity contribution in [2.75, 3.05) is 6.54 Å². The summed E-state index contributed by atoms with van der Waals surface area (Å²) in [5.41, 5.74) is 3.56. The Hall–Kier alpha value is -1.09. The Morgan fingerprint density at radius 1 is 1.05 bits per heavy atom. The molecule has 0 fully saturated rings. The first-order valence-electron chi connectivity index (χ1n) is 6.89. The molecule has 2 aromatic rings. The number of benzene rings is 2. The highest BCUT2D eigenvalue weighted by atomic mass is 35.5. The highest BCUT2D eigenvalue weighted by Gasteiger charge is 2.20. The normalized spacial score (nSPS) is 12.5. The van der Waals surface area contributed by atoms with Crippen LogP contribution in [0.2, 0.25) is 10.0 Å². The lowest BCUT2D eigenvalue weighted by Crippen LogP contribution is -2.24. The summed E-state index contributed by atoms with van der Waals surface area (Å²) < 4.78 is 14.4. The zero-order valence-electron chi connectivity index (χ0n) is 12.3.